The average molecular weight is 608 g/mol. The van der Waals surface area contributed by atoms with Crippen molar-refractivity contribution in [2.24, 2.45) is 11.5 Å². The van der Waals surface area contributed by atoms with E-state index >= 15 is 0 Å². The van der Waals surface area contributed by atoms with Crippen LogP contribution in [-0.2, 0) is 11.2 Å². The first-order valence-corrected chi connectivity index (χ1v) is 15.4. The molecule has 218 valence electrons. The fourth-order valence-corrected chi connectivity index (χ4v) is 7.68. The molecule has 0 spiro atoms. The van der Waals surface area contributed by atoms with E-state index in [4.69, 9.17) is 25.6 Å². The number of primary amides is 1. The van der Waals surface area contributed by atoms with E-state index in [0.717, 1.165) is 58.9 Å². The number of ether oxygens (including phenoxy) is 1. The molecule has 1 aliphatic carbocycles. The quantitative estimate of drug-likeness (QED) is 0.247. The van der Waals surface area contributed by atoms with Crippen molar-refractivity contribution in [3.05, 3.63) is 51.9 Å². The maximum Gasteiger partial charge on any atom is 0.254 e. The molecule has 5 N–H and O–H groups in total. The SMILES string of the molecule is NC(=O)c1c(Cc2cc(-c3coc4c(=O)cc(N5CCOCC5)sc34)sn2)nc(N[C@H]2CCCC[C@H]2N)n2cnnc12. The Balaban J connectivity index is 1.23. The lowest BCUT2D eigenvalue weighted by Crippen LogP contribution is -2.43. The Morgan fingerprint density at radius 1 is 1.19 bits per heavy atom. The average Bonchev–Trinajstić information content (AvgIpc) is 3.75. The Morgan fingerprint density at radius 2 is 2.02 bits per heavy atom. The second-order valence-corrected chi connectivity index (χ2v) is 12.4. The number of rotatable bonds is 7. The molecule has 5 aromatic rings. The van der Waals surface area contributed by atoms with Gasteiger partial charge in [0.25, 0.3) is 5.91 Å². The van der Waals surface area contributed by atoms with E-state index in [2.05, 4.69) is 24.8 Å². The Morgan fingerprint density at radius 3 is 2.83 bits per heavy atom. The first-order valence-electron chi connectivity index (χ1n) is 13.8. The van der Waals surface area contributed by atoms with Crippen molar-refractivity contribution in [2.45, 2.75) is 44.2 Å². The summed E-state index contributed by atoms with van der Waals surface area (Å²) in [5.41, 5.74) is 14.8. The lowest BCUT2D eigenvalue weighted by atomic mass is 9.91. The minimum atomic E-state index is -0.645. The highest BCUT2D eigenvalue weighted by atomic mass is 32.1. The maximum atomic E-state index is 12.9. The molecule has 1 saturated heterocycles. The predicted molar refractivity (Wildman–Crippen MR) is 160 cm³/mol. The molecule has 0 bridgehead atoms. The van der Waals surface area contributed by atoms with Crippen LogP contribution in [0.4, 0.5) is 10.9 Å². The summed E-state index contributed by atoms with van der Waals surface area (Å²) in [5, 5.41) is 12.5. The van der Waals surface area contributed by atoms with Crippen LogP contribution in [0, 0.1) is 0 Å². The second kappa shape index (κ2) is 11.1. The molecule has 1 aliphatic heterocycles. The summed E-state index contributed by atoms with van der Waals surface area (Å²) in [6.07, 6.45) is 7.40. The summed E-state index contributed by atoms with van der Waals surface area (Å²) in [6, 6.07) is 3.60. The molecular formula is C27H29N9O4S2. The number of carbonyl (C=O) groups is 1. The lowest BCUT2D eigenvalue weighted by Gasteiger charge is -2.30. The number of morpholine rings is 1. The third-order valence-electron chi connectivity index (χ3n) is 7.84. The first kappa shape index (κ1) is 26.9. The van der Waals surface area contributed by atoms with Gasteiger partial charge in [0.05, 0.1) is 39.2 Å². The Kier molecular flexibility index (Phi) is 7.09. The lowest BCUT2D eigenvalue weighted by molar-refractivity contribution is 0.1000. The van der Waals surface area contributed by atoms with E-state index < -0.39 is 5.91 Å². The van der Waals surface area contributed by atoms with Gasteiger partial charge in [-0.1, -0.05) is 12.8 Å². The zero-order chi connectivity index (χ0) is 28.8. The van der Waals surface area contributed by atoms with Gasteiger partial charge in [-0.05, 0) is 30.4 Å². The van der Waals surface area contributed by atoms with Gasteiger partial charge >= 0.3 is 0 Å². The molecular weight excluding hydrogens is 578 g/mol. The molecule has 2 fully saturated rings. The third kappa shape index (κ3) is 4.91. The molecule has 7 rings (SSSR count). The van der Waals surface area contributed by atoms with Gasteiger partial charge in [0.2, 0.25) is 11.4 Å². The predicted octanol–water partition coefficient (Wildman–Crippen LogP) is 2.62. The van der Waals surface area contributed by atoms with Gasteiger partial charge in [-0.25, -0.2) is 4.98 Å². The highest BCUT2D eigenvalue weighted by molar-refractivity contribution is 7.23. The summed E-state index contributed by atoms with van der Waals surface area (Å²) in [7, 11) is 0. The smallest absolute Gasteiger partial charge is 0.254 e. The molecule has 1 amide bonds. The van der Waals surface area contributed by atoms with Gasteiger partial charge in [0, 0.05) is 43.2 Å². The van der Waals surface area contributed by atoms with Crippen LogP contribution >= 0.6 is 22.9 Å². The Bertz CT molecular complexity index is 1840. The molecule has 2 atom stereocenters. The summed E-state index contributed by atoms with van der Waals surface area (Å²) < 4.78 is 18.3. The zero-order valence-electron chi connectivity index (χ0n) is 22.6. The van der Waals surface area contributed by atoms with E-state index in [-0.39, 0.29) is 29.5 Å². The van der Waals surface area contributed by atoms with Crippen molar-refractivity contribution in [3.63, 3.8) is 0 Å². The molecule has 13 nitrogen and oxygen atoms in total. The van der Waals surface area contributed by atoms with Gasteiger partial charge in [0.1, 0.15) is 18.2 Å². The molecule has 0 radical (unpaired) electrons. The topological polar surface area (TPSA) is 180 Å². The summed E-state index contributed by atoms with van der Waals surface area (Å²) >= 11 is 2.81. The second-order valence-electron chi connectivity index (χ2n) is 10.6. The van der Waals surface area contributed by atoms with Gasteiger partial charge in [0.15, 0.2) is 11.2 Å². The van der Waals surface area contributed by atoms with E-state index in [1.54, 1.807) is 16.7 Å². The van der Waals surface area contributed by atoms with Crippen molar-refractivity contribution < 1.29 is 13.9 Å². The molecule has 15 heteroatoms. The number of fused-ring (bicyclic) bond motifs is 2. The largest absolute Gasteiger partial charge is 0.459 e. The fraction of sp³-hybridized carbons (Fsp3) is 0.407. The molecule has 42 heavy (non-hydrogen) atoms. The molecule has 6 heterocycles. The molecule has 1 saturated carbocycles. The normalized spacial score (nSPS) is 19.5. The minimum absolute atomic E-state index is 0.00306. The molecule has 2 aliphatic rings. The highest BCUT2D eigenvalue weighted by Crippen LogP contribution is 2.38. The number of anilines is 2. The number of hydrogen-bond donors (Lipinski definition) is 3. The Labute approximate surface area is 247 Å². The monoisotopic (exact) mass is 607 g/mol. The van der Waals surface area contributed by atoms with Crippen LogP contribution in [0.15, 0.2) is 33.9 Å². The van der Waals surface area contributed by atoms with E-state index in [1.807, 2.05) is 6.07 Å². The number of nitrogens with two attached hydrogens (primary N) is 2. The van der Waals surface area contributed by atoms with Gasteiger partial charge in [-0.15, -0.1) is 21.5 Å². The van der Waals surface area contributed by atoms with Gasteiger partial charge < -0.3 is 30.8 Å². The number of aromatic nitrogens is 5. The molecule has 5 aromatic heterocycles. The van der Waals surface area contributed by atoms with E-state index in [1.165, 1.54) is 29.2 Å². The summed E-state index contributed by atoms with van der Waals surface area (Å²) in [5.74, 6) is -0.137. The fourth-order valence-electron chi connectivity index (χ4n) is 5.65. The van der Waals surface area contributed by atoms with E-state index in [0.29, 0.717) is 41.8 Å². The van der Waals surface area contributed by atoms with Crippen molar-refractivity contribution >= 4 is 55.7 Å². The maximum absolute atomic E-state index is 12.9. The van der Waals surface area contributed by atoms with Gasteiger partial charge in [-0.3, -0.25) is 14.0 Å². The highest BCUT2D eigenvalue weighted by Gasteiger charge is 2.26. The van der Waals surface area contributed by atoms with Crippen LogP contribution in [0.3, 0.4) is 0 Å². The third-order valence-corrected chi connectivity index (χ3v) is 9.89. The van der Waals surface area contributed by atoms with Crippen molar-refractivity contribution in [2.75, 3.05) is 36.5 Å². The number of nitrogens with zero attached hydrogens (tertiary/aromatic N) is 6. The van der Waals surface area contributed by atoms with Crippen LogP contribution < -0.4 is 27.1 Å². The van der Waals surface area contributed by atoms with Crippen molar-refractivity contribution in [3.8, 4) is 10.4 Å². The zero-order valence-corrected chi connectivity index (χ0v) is 24.2. The van der Waals surface area contributed by atoms with E-state index in [9.17, 15) is 9.59 Å². The van der Waals surface area contributed by atoms with Crippen LogP contribution in [-0.4, -0.2) is 68.2 Å². The summed E-state index contributed by atoms with van der Waals surface area (Å²) in [6.45, 7) is 2.72. The van der Waals surface area contributed by atoms with Crippen molar-refractivity contribution in [1.29, 1.82) is 0 Å². The van der Waals surface area contributed by atoms with Crippen LogP contribution in [0.1, 0.15) is 47.4 Å². The molecule has 0 aromatic carbocycles. The standard InChI is InChI=1S/C27H29N9O4S2/c28-16-3-1-2-4-17(16)31-27-32-18(22(25(29)38)26-33-30-13-36(26)27)9-14-10-20(42-34-14)15-12-40-23-19(37)11-21(41-24(15)23)35-5-7-39-8-6-35/h10-13,16-17H,1-9,28H2,(H2,29,38)(H,31,32)/t16-,17+/m1/s1. The first-order chi connectivity index (χ1) is 20.5. The van der Waals surface area contributed by atoms with Crippen molar-refractivity contribution in [1.82, 2.24) is 24.0 Å². The Hall–Kier alpha value is -3.92. The number of nitrogens with one attached hydrogen (secondary N) is 1. The number of furan rings is 1. The minimum Gasteiger partial charge on any atom is -0.459 e. The molecule has 0 unspecified atom stereocenters. The van der Waals surface area contributed by atoms with Gasteiger partial charge in [-0.2, -0.15) is 4.37 Å². The number of amides is 1. The van der Waals surface area contributed by atoms with Crippen LogP contribution in [0.2, 0.25) is 0 Å². The number of carbonyl (C=O) groups excluding carboxylic acids is 1. The summed E-state index contributed by atoms with van der Waals surface area (Å²) in [4.78, 5) is 33.3. The van der Waals surface area contributed by atoms with Crippen LogP contribution in [0.5, 0.6) is 0 Å². The van der Waals surface area contributed by atoms with Crippen LogP contribution in [0.25, 0.3) is 26.4 Å². The number of hydrogen-bond acceptors (Lipinski definition) is 13.